The second-order valence-corrected chi connectivity index (χ2v) is 7.27. The number of hydrogen-bond donors (Lipinski definition) is 1. The van der Waals surface area contributed by atoms with Gasteiger partial charge in [-0.3, -0.25) is 4.40 Å². The topological polar surface area (TPSA) is 83.4 Å². The number of pyridine rings is 1. The van der Waals surface area contributed by atoms with Crippen molar-refractivity contribution in [1.29, 1.82) is 5.26 Å². The maximum Gasteiger partial charge on any atom is 0.195 e. The van der Waals surface area contributed by atoms with Crippen LogP contribution >= 0.6 is 35.0 Å². The van der Waals surface area contributed by atoms with E-state index >= 15 is 0 Å². The first kappa shape index (κ1) is 18.8. The monoisotopic (exact) mass is 408 g/mol. The van der Waals surface area contributed by atoms with Gasteiger partial charge < -0.3 is 9.84 Å². The summed E-state index contributed by atoms with van der Waals surface area (Å²) < 4.78 is 7.26. The van der Waals surface area contributed by atoms with Gasteiger partial charge in [-0.2, -0.15) is 5.26 Å². The predicted octanol–water partition coefficient (Wildman–Crippen LogP) is 3.63. The van der Waals surface area contributed by atoms with Crippen LogP contribution < -0.4 is 4.74 Å². The molecule has 26 heavy (non-hydrogen) atoms. The van der Waals surface area contributed by atoms with Crippen molar-refractivity contribution in [3.05, 3.63) is 52.1 Å². The van der Waals surface area contributed by atoms with Gasteiger partial charge in [-0.1, -0.05) is 47.1 Å². The number of aliphatic hydroxyl groups is 1. The fourth-order valence-electron chi connectivity index (χ4n) is 2.21. The quantitative estimate of drug-likeness (QED) is 0.600. The molecular formula is C17H14Cl2N4O2S. The average Bonchev–Trinajstić information content (AvgIpc) is 3.03. The molecule has 0 bridgehead atoms. The molecule has 0 aliphatic carbocycles. The van der Waals surface area contributed by atoms with Crippen LogP contribution in [0.15, 0.2) is 41.7 Å². The van der Waals surface area contributed by atoms with Gasteiger partial charge in [-0.05, 0) is 23.8 Å². The molecule has 0 fully saturated rings. The van der Waals surface area contributed by atoms with Crippen molar-refractivity contribution in [2.45, 2.75) is 17.7 Å². The van der Waals surface area contributed by atoms with Crippen LogP contribution in [0.5, 0.6) is 5.75 Å². The highest BCUT2D eigenvalue weighted by atomic mass is 35.5. The van der Waals surface area contributed by atoms with Crippen LogP contribution in [0.1, 0.15) is 5.56 Å². The Morgan fingerprint density at radius 3 is 2.77 bits per heavy atom. The lowest BCUT2D eigenvalue weighted by molar-refractivity contribution is 0.126. The molecule has 0 radical (unpaired) electrons. The van der Waals surface area contributed by atoms with Gasteiger partial charge in [0.15, 0.2) is 10.8 Å². The largest absolute Gasteiger partial charge is 0.491 e. The van der Waals surface area contributed by atoms with Gasteiger partial charge in [0.25, 0.3) is 0 Å². The molecule has 0 spiro atoms. The Morgan fingerprint density at radius 2 is 2.04 bits per heavy atom. The molecule has 0 aliphatic rings. The summed E-state index contributed by atoms with van der Waals surface area (Å²) in [4.78, 5) is 0. The number of rotatable bonds is 7. The minimum Gasteiger partial charge on any atom is -0.491 e. The Hall–Kier alpha value is -1.98. The summed E-state index contributed by atoms with van der Waals surface area (Å²) in [5.41, 5.74) is 1.44. The molecule has 6 nitrogen and oxygen atoms in total. The Kier molecular flexibility index (Phi) is 6.22. The molecule has 1 aromatic carbocycles. The van der Waals surface area contributed by atoms with E-state index in [1.54, 1.807) is 28.8 Å². The number of ether oxygens (including phenoxy) is 1. The van der Waals surface area contributed by atoms with Gasteiger partial charge in [0.1, 0.15) is 12.4 Å². The normalized spacial score (nSPS) is 12.1. The van der Waals surface area contributed by atoms with Crippen molar-refractivity contribution in [3.8, 4) is 11.8 Å². The third-order valence-electron chi connectivity index (χ3n) is 3.45. The zero-order valence-electron chi connectivity index (χ0n) is 13.5. The van der Waals surface area contributed by atoms with Crippen LogP contribution in [-0.2, 0) is 6.42 Å². The number of aromatic nitrogens is 3. The smallest absolute Gasteiger partial charge is 0.195 e. The Morgan fingerprint density at radius 1 is 1.27 bits per heavy atom. The van der Waals surface area contributed by atoms with Crippen LogP contribution in [0.2, 0.25) is 10.0 Å². The van der Waals surface area contributed by atoms with E-state index in [0.717, 1.165) is 5.56 Å². The van der Waals surface area contributed by atoms with Gasteiger partial charge in [0.05, 0.1) is 28.6 Å². The van der Waals surface area contributed by atoms with E-state index in [9.17, 15) is 5.11 Å². The molecular weight excluding hydrogens is 395 g/mol. The first-order valence-electron chi connectivity index (χ1n) is 7.66. The molecule has 3 aromatic rings. The third-order valence-corrected chi connectivity index (χ3v) is 5.02. The van der Waals surface area contributed by atoms with Crippen LogP contribution in [0.4, 0.5) is 0 Å². The minimum absolute atomic E-state index is 0.142. The molecule has 2 heterocycles. The molecule has 0 aliphatic heterocycles. The van der Waals surface area contributed by atoms with Crippen molar-refractivity contribution in [2.24, 2.45) is 0 Å². The second-order valence-electron chi connectivity index (χ2n) is 5.44. The maximum atomic E-state index is 10.1. The molecule has 134 valence electrons. The summed E-state index contributed by atoms with van der Waals surface area (Å²) in [6, 6.07) is 10.9. The van der Waals surface area contributed by atoms with Crippen molar-refractivity contribution < 1.29 is 9.84 Å². The molecule has 1 unspecified atom stereocenters. The van der Waals surface area contributed by atoms with E-state index in [1.807, 2.05) is 12.1 Å². The lowest BCUT2D eigenvalue weighted by atomic mass is 10.2. The lowest BCUT2D eigenvalue weighted by Crippen LogP contribution is -2.20. The summed E-state index contributed by atoms with van der Waals surface area (Å²) in [7, 11) is 0. The van der Waals surface area contributed by atoms with Gasteiger partial charge in [-0.25, -0.2) is 0 Å². The Labute approximate surface area is 164 Å². The zero-order valence-corrected chi connectivity index (χ0v) is 15.8. The molecule has 9 heteroatoms. The summed E-state index contributed by atoms with van der Waals surface area (Å²) in [6.45, 7) is 0.142. The average molecular weight is 409 g/mol. The maximum absolute atomic E-state index is 10.1. The number of benzene rings is 1. The summed E-state index contributed by atoms with van der Waals surface area (Å²) in [5.74, 6) is 1.01. The summed E-state index contributed by atoms with van der Waals surface area (Å²) >= 11 is 13.4. The number of aliphatic hydroxyl groups excluding tert-OH is 1. The minimum atomic E-state index is -0.694. The zero-order chi connectivity index (χ0) is 18.5. The number of fused-ring (bicyclic) bond motifs is 1. The van der Waals surface area contributed by atoms with Crippen LogP contribution in [0.25, 0.3) is 5.65 Å². The fraction of sp³-hybridized carbons (Fsp3) is 0.235. The summed E-state index contributed by atoms with van der Waals surface area (Å²) in [5, 5.41) is 28.4. The number of thioether (sulfide) groups is 1. The lowest BCUT2D eigenvalue weighted by Gasteiger charge is -2.12. The van der Waals surface area contributed by atoms with Gasteiger partial charge in [0, 0.05) is 11.9 Å². The molecule has 1 atom stereocenters. The van der Waals surface area contributed by atoms with Gasteiger partial charge in [0.2, 0.25) is 0 Å². The molecule has 0 amide bonds. The van der Waals surface area contributed by atoms with Crippen molar-refractivity contribution in [3.63, 3.8) is 0 Å². The van der Waals surface area contributed by atoms with Gasteiger partial charge in [-0.15, -0.1) is 10.2 Å². The van der Waals surface area contributed by atoms with Crippen molar-refractivity contribution in [2.75, 3.05) is 12.4 Å². The number of nitrogens with zero attached hydrogens (tertiary/aromatic N) is 4. The predicted molar refractivity (Wildman–Crippen MR) is 101 cm³/mol. The highest BCUT2D eigenvalue weighted by molar-refractivity contribution is 7.99. The number of halogens is 2. The molecule has 0 saturated heterocycles. The highest BCUT2D eigenvalue weighted by Crippen LogP contribution is 2.25. The van der Waals surface area contributed by atoms with E-state index in [0.29, 0.717) is 38.8 Å². The van der Waals surface area contributed by atoms with Crippen LogP contribution in [0, 0.1) is 11.3 Å². The molecule has 2 aromatic heterocycles. The van der Waals surface area contributed by atoms with Crippen LogP contribution in [-0.4, -0.2) is 38.2 Å². The van der Waals surface area contributed by atoms with E-state index in [2.05, 4.69) is 16.3 Å². The number of hydrogen-bond acceptors (Lipinski definition) is 6. The first-order valence-corrected chi connectivity index (χ1v) is 9.40. The Balaban J connectivity index is 1.54. The van der Waals surface area contributed by atoms with Crippen LogP contribution in [0.3, 0.4) is 0 Å². The standard InChI is InChI=1S/C17H14Cl2N4O2S/c18-12-7-15(19)16-21-22-17(23(16)8-12)26-10-13(24)9-25-14-3-1-11(2-4-14)5-6-20/h1-4,7-8,13,24H,5,9-10H2. The SMILES string of the molecule is N#CCc1ccc(OCC(O)CSc2nnc3c(Cl)cc(Cl)cn23)cc1. The van der Waals surface area contributed by atoms with Gasteiger partial charge >= 0.3 is 0 Å². The molecule has 0 saturated carbocycles. The van der Waals surface area contributed by atoms with E-state index in [1.165, 1.54) is 11.8 Å². The third kappa shape index (κ3) is 4.59. The molecule has 3 rings (SSSR count). The second kappa shape index (κ2) is 8.60. The van der Waals surface area contributed by atoms with E-state index < -0.39 is 6.10 Å². The van der Waals surface area contributed by atoms with E-state index in [4.69, 9.17) is 33.2 Å². The van der Waals surface area contributed by atoms with Crippen molar-refractivity contribution in [1.82, 2.24) is 14.6 Å². The van der Waals surface area contributed by atoms with Crippen molar-refractivity contribution >= 4 is 40.6 Å². The fourth-order valence-corrected chi connectivity index (χ4v) is 3.53. The first-order chi connectivity index (χ1) is 12.6. The number of nitriles is 1. The molecule has 1 N–H and O–H groups in total. The van der Waals surface area contributed by atoms with E-state index in [-0.39, 0.29) is 6.61 Å². The Bertz CT molecular complexity index is 940. The summed E-state index contributed by atoms with van der Waals surface area (Å²) in [6.07, 6.45) is 1.34. The highest BCUT2D eigenvalue weighted by Gasteiger charge is 2.13.